The SMILES string of the molecule is CC(CC(=O)Nc1ccc2oc(=O)n(C)c2c1)CC(=O)Nc1ccc2oc(=O)n(C)c2c1. The number of hydrogen-bond acceptors (Lipinski definition) is 6. The minimum absolute atomic E-state index is 0.144. The number of hydrogen-bond donors (Lipinski definition) is 2. The maximum absolute atomic E-state index is 12.4. The summed E-state index contributed by atoms with van der Waals surface area (Å²) in [6, 6.07) is 9.87. The number of oxazole rings is 2. The largest absolute Gasteiger partial charge is 0.419 e. The van der Waals surface area contributed by atoms with Gasteiger partial charge in [0, 0.05) is 38.3 Å². The Hall–Kier alpha value is -4.08. The first-order chi connectivity index (χ1) is 15.2. The number of carbonyl (C=O) groups is 2. The third-order valence-corrected chi connectivity index (χ3v) is 5.22. The van der Waals surface area contributed by atoms with Gasteiger partial charge in [-0.15, -0.1) is 0 Å². The number of aromatic nitrogens is 2. The van der Waals surface area contributed by atoms with Crippen LogP contribution in [0.3, 0.4) is 0 Å². The van der Waals surface area contributed by atoms with Crippen LogP contribution in [0.4, 0.5) is 11.4 Å². The molecule has 0 spiro atoms. The molecule has 10 nitrogen and oxygen atoms in total. The smallest absolute Gasteiger partial charge is 0.408 e. The van der Waals surface area contributed by atoms with Crippen molar-refractivity contribution in [3.63, 3.8) is 0 Å². The van der Waals surface area contributed by atoms with Crippen LogP contribution in [0.1, 0.15) is 19.8 Å². The lowest BCUT2D eigenvalue weighted by atomic mass is 10.0. The summed E-state index contributed by atoms with van der Waals surface area (Å²) in [5, 5.41) is 5.57. The van der Waals surface area contributed by atoms with Crippen LogP contribution in [-0.2, 0) is 23.7 Å². The lowest BCUT2D eigenvalue weighted by Crippen LogP contribution is -2.20. The number of benzene rings is 2. The van der Waals surface area contributed by atoms with Crippen molar-refractivity contribution in [3.8, 4) is 0 Å². The van der Waals surface area contributed by atoms with Crippen LogP contribution in [0.15, 0.2) is 54.8 Å². The first-order valence-corrected chi connectivity index (χ1v) is 10.00. The minimum Gasteiger partial charge on any atom is -0.408 e. The van der Waals surface area contributed by atoms with Crippen molar-refractivity contribution in [2.75, 3.05) is 10.6 Å². The first-order valence-electron chi connectivity index (χ1n) is 10.00. The predicted octanol–water partition coefficient (Wildman–Crippen LogP) is 2.57. The summed E-state index contributed by atoms with van der Waals surface area (Å²) in [4.78, 5) is 48.0. The highest BCUT2D eigenvalue weighted by Gasteiger charge is 2.15. The molecule has 0 saturated carbocycles. The van der Waals surface area contributed by atoms with Crippen molar-refractivity contribution in [1.82, 2.24) is 9.13 Å². The molecule has 2 aromatic heterocycles. The second-order valence-electron chi connectivity index (χ2n) is 7.83. The van der Waals surface area contributed by atoms with Crippen LogP contribution in [0.25, 0.3) is 22.2 Å². The Balaban J connectivity index is 1.34. The van der Waals surface area contributed by atoms with Gasteiger partial charge in [-0.05, 0) is 42.3 Å². The van der Waals surface area contributed by atoms with Gasteiger partial charge in [-0.2, -0.15) is 0 Å². The first kappa shape index (κ1) is 21.2. The molecule has 10 heteroatoms. The molecule has 32 heavy (non-hydrogen) atoms. The predicted molar refractivity (Wildman–Crippen MR) is 119 cm³/mol. The highest BCUT2D eigenvalue weighted by atomic mass is 16.4. The molecule has 4 rings (SSSR count). The number of nitrogens with one attached hydrogen (secondary N) is 2. The van der Waals surface area contributed by atoms with Crippen LogP contribution in [0.5, 0.6) is 0 Å². The number of aryl methyl sites for hydroxylation is 2. The molecule has 2 aromatic carbocycles. The van der Waals surface area contributed by atoms with Crippen LogP contribution in [0.2, 0.25) is 0 Å². The summed E-state index contributed by atoms with van der Waals surface area (Å²) in [6.07, 6.45) is 0.288. The Morgan fingerprint density at radius 3 is 1.62 bits per heavy atom. The Morgan fingerprint density at radius 1 is 0.812 bits per heavy atom. The number of amides is 2. The van der Waals surface area contributed by atoms with Crippen molar-refractivity contribution in [3.05, 3.63) is 57.5 Å². The number of nitrogens with zero attached hydrogens (tertiary/aromatic N) is 2. The number of rotatable bonds is 6. The standard InChI is InChI=1S/C22H22N4O6/c1-12(8-19(27)23-13-4-6-17-15(10-13)25(2)21(29)31-17)9-20(28)24-14-5-7-18-16(11-14)26(3)22(30)32-18/h4-7,10-12H,8-9H2,1-3H3,(H,23,27)(H,24,28). The maximum Gasteiger partial charge on any atom is 0.419 e. The highest BCUT2D eigenvalue weighted by Crippen LogP contribution is 2.20. The summed E-state index contributed by atoms with van der Waals surface area (Å²) < 4.78 is 12.9. The fourth-order valence-electron chi connectivity index (χ4n) is 3.54. The average molecular weight is 438 g/mol. The van der Waals surface area contributed by atoms with Crippen molar-refractivity contribution < 1.29 is 18.4 Å². The molecule has 166 valence electrons. The molecular formula is C22H22N4O6. The van der Waals surface area contributed by atoms with E-state index in [4.69, 9.17) is 8.83 Å². The molecule has 0 aliphatic rings. The van der Waals surface area contributed by atoms with Gasteiger partial charge in [0.25, 0.3) is 0 Å². The molecule has 0 bridgehead atoms. The van der Waals surface area contributed by atoms with Crippen LogP contribution < -0.4 is 22.1 Å². The monoisotopic (exact) mass is 438 g/mol. The average Bonchev–Trinajstić information content (AvgIpc) is 3.17. The fraction of sp³-hybridized carbons (Fsp3) is 0.273. The molecule has 0 fully saturated rings. The van der Waals surface area contributed by atoms with Gasteiger partial charge in [0.2, 0.25) is 11.8 Å². The van der Waals surface area contributed by atoms with Crippen LogP contribution >= 0.6 is 0 Å². The molecule has 0 aliphatic heterocycles. The second kappa shape index (κ2) is 8.22. The lowest BCUT2D eigenvalue weighted by molar-refractivity contribution is -0.118. The fourth-order valence-corrected chi connectivity index (χ4v) is 3.54. The summed E-state index contributed by atoms with van der Waals surface area (Å²) >= 11 is 0. The third-order valence-electron chi connectivity index (χ3n) is 5.22. The van der Waals surface area contributed by atoms with Crippen molar-refractivity contribution in [2.24, 2.45) is 20.0 Å². The second-order valence-corrected chi connectivity index (χ2v) is 7.83. The molecular weight excluding hydrogens is 416 g/mol. The molecule has 2 N–H and O–H groups in total. The van der Waals surface area contributed by atoms with E-state index < -0.39 is 11.5 Å². The molecule has 2 heterocycles. The lowest BCUT2D eigenvalue weighted by Gasteiger charge is -2.12. The summed E-state index contributed by atoms with van der Waals surface area (Å²) in [6.45, 7) is 1.81. The quantitative estimate of drug-likeness (QED) is 0.476. The Labute approximate surface area is 181 Å². The van der Waals surface area contributed by atoms with Gasteiger partial charge in [-0.25, -0.2) is 9.59 Å². The zero-order valence-electron chi connectivity index (χ0n) is 17.8. The maximum atomic E-state index is 12.4. The van der Waals surface area contributed by atoms with E-state index in [1.807, 2.05) is 6.92 Å². The Bertz CT molecular complexity index is 1340. The van der Waals surface area contributed by atoms with E-state index in [9.17, 15) is 19.2 Å². The van der Waals surface area contributed by atoms with E-state index in [1.54, 1.807) is 50.5 Å². The summed E-state index contributed by atoms with van der Waals surface area (Å²) in [5.41, 5.74) is 3.10. The Kier molecular flexibility index (Phi) is 5.43. The summed E-state index contributed by atoms with van der Waals surface area (Å²) in [7, 11) is 3.18. The molecule has 2 amide bonds. The van der Waals surface area contributed by atoms with Crippen LogP contribution in [-0.4, -0.2) is 20.9 Å². The van der Waals surface area contributed by atoms with Gasteiger partial charge < -0.3 is 19.5 Å². The van der Waals surface area contributed by atoms with E-state index in [1.165, 1.54) is 9.13 Å². The van der Waals surface area contributed by atoms with E-state index >= 15 is 0 Å². The molecule has 0 saturated heterocycles. The number of anilines is 2. The van der Waals surface area contributed by atoms with Crippen molar-refractivity contribution in [2.45, 2.75) is 19.8 Å². The van der Waals surface area contributed by atoms with E-state index in [-0.39, 0.29) is 30.6 Å². The number of fused-ring (bicyclic) bond motifs is 2. The number of carbonyl (C=O) groups excluding carboxylic acids is 2. The summed E-state index contributed by atoms with van der Waals surface area (Å²) in [5.74, 6) is -1.64. The highest BCUT2D eigenvalue weighted by molar-refractivity contribution is 5.95. The topological polar surface area (TPSA) is 128 Å². The van der Waals surface area contributed by atoms with Gasteiger partial charge in [-0.3, -0.25) is 18.7 Å². The minimum atomic E-state index is -0.475. The third kappa shape index (κ3) is 4.20. The van der Waals surface area contributed by atoms with Gasteiger partial charge in [0.05, 0.1) is 11.0 Å². The van der Waals surface area contributed by atoms with Gasteiger partial charge in [-0.1, -0.05) is 6.92 Å². The normalized spacial score (nSPS) is 11.4. The van der Waals surface area contributed by atoms with E-state index in [0.717, 1.165) is 0 Å². The van der Waals surface area contributed by atoms with Gasteiger partial charge >= 0.3 is 11.5 Å². The molecule has 0 aliphatic carbocycles. The van der Waals surface area contributed by atoms with Gasteiger partial charge in [0.15, 0.2) is 11.2 Å². The zero-order chi connectivity index (χ0) is 23.0. The van der Waals surface area contributed by atoms with Gasteiger partial charge in [0.1, 0.15) is 0 Å². The van der Waals surface area contributed by atoms with Crippen molar-refractivity contribution in [1.29, 1.82) is 0 Å². The van der Waals surface area contributed by atoms with E-state index in [2.05, 4.69) is 10.6 Å². The molecule has 0 unspecified atom stereocenters. The molecule has 4 aromatic rings. The van der Waals surface area contributed by atoms with E-state index in [0.29, 0.717) is 33.6 Å². The molecule has 0 atom stereocenters. The van der Waals surface area contributed by atoms with Crippen molar-refractivity contribution >= 4 is 45.4 Å². The zero-order valence-corrected chi connectivity index (χ0v) is 17.8. The molecule has 0 radical (unpaired) electrons. The van der Waals surface area contributed by atoms with Crippen LogP contribution in [0, 0.1) is 5.92 Å². The Morgan fingerprint density at radius 2 is 1.22 bits per heavy atom.